The summed E-state index contributed by atoms with van der Waals surface area (Å²) in [5.74, 6) is -0.0471. The molecule has 0 bridgehead atoms. The van der Waals surface area contributed by atoms with Gasteiger partial charge >= 0.3 is 0 Å². The van der Waals surface area contributed by atoms with Gasteiger partial charge in [0.2, 0.25) is 5.24 Å². The molecule has 1 aliphatic heterocycles. The molecule has 0 aromatic rings. The van der Waals surface area contributed by atoms with E-state index in [9.17, 15) is 4.79 Å². The summed E-state index contributed by atoms with van der Waals surface area (Å²) < 4.78 is 0. The van der Waals surface area contributed by atoms with Gasteiger partial charge in [-0.15, -0.1) is 0 Å². The number of halogens is 1. The first-order valence-corrected chi connectivity index (χ1v) is 5.00. The lowest BCUT2D eigenvalue weighted by atomic mass is 9.88. The standard InChI is InChI=1S/C10H18ClNO/c1-9(2)6-7(8(11)13)10(3,4)12(9)5/h7H,6H2,1-5H3. The van der Waals surface area contributed by atoms with Crippen molar-refractivity contribution in [3.05, 3.63) is 0 Å². The Balaban J connectivity index is 3.00. The van der Waals surface area contributed by atoms with Crippen molar-refractivity contribution in [2.75, 3.05) is 7.05 Å². The van der Waals surface area contributed by atoms with Gasteiger partial charge in [0.15, 0.2) is 0 Å². The van der Waals surface area contributed by atoms with E-state index in [1.54, 1.807) is 0 Å². The van der Waals surface area contributed by atoms with E-state index < -0.39 is 0 Å². The SMILES string of the molecule is CN1C(C)(C)CC(C(=O)Cl)C1(C)C. The Hall–Kier alpha value is -0.0800. The number of hydrogen-bond donors (Lipinski definition) is 0. The zero-order valence-electron chi connectivity index (χ0n) is 9.02. The third-order valence-electron chi connectivity index (χ3n) is 3.60. The molecule has 76 valence electrons. The summed E-state index contributed by atoms with van der Waals surface area (Å²) in [6.07, 6.45) is 0.846. The fraction of sp³-hybridized carbons (Fsp3) is 0.900. The third-order valence-corrected chi connectivity index (χ3v) is 3.87. The maximum Gasteiger partial charge on any atom is 0.226 e. The van der Waals surface area contributed by atoms with E-state index in [0.717, 1.165) is 6.42 Å². The number of likely N-dealkylation sites (tertiary alicyclic amines) is 1. The first-order valence-electron chi connectivity index (χ1n) is 4.63. The maximum atomic E-state index is 11.2. The topological polar surface area (TPSA) is 20.3 Å². The minimum absolute atomic E-state index is 0.0471. The van der Waals surface area contributed by atoms with Gasteiger partial charge in [0.25, 0.3) is 0 Å². The van der Waals surface area contributed by atoms with Crippen molar-refractivity contribution >= 4 is 16.8 Å². The van der Waals surface area contributed by atoms with Crippen molar-refractivity contribution in [1.82, 2.24) is 4.90 Å². The van der Waals surface area contributed by atoms with Crippen molar-refractivity contribution in [3.8, 4) is 0 Å². The number of hydrogen-bond acceptors (Lipinski definition) is 2. The summed E-state index contributed by atoms with van der Waals surface area (Å²) in [6.45, 7) is 8.45. The normalized spacial score (nSPS) is 32.0. The van der Waals surface area contributed by atoms with Crippen LogP contribution in [0, 0.1) is 5.92 Å². The van der Waals surface area contributed by atoms with Gasteiger partial charge in [0.05, 0.1) is 5.92 Å². The van der Waals surface area contributed by atoms with Crippen LogP contribution in [0.1, 0.15) is 34.1 Å². The molecule has 1 atom stereocenters. The zero-order valence-corrected chi connectivity index (χ0v) is 9.77. The van der Waals surface area contributed by atoms with Crippen molar-refractivity contribution < 1.29 is 4.79 Å². The van der Waals surface area contributed by atoms with Gasteiger partial charge in [-0.3, -0.25) is 9.69 Å². The largest absolute Gasteiger partial charge is 0.295 e. The average molecular weight is 204 g/mol. The highest BCUT2D eigenvalue weighted by Crippen LogP contribution is 2.44. The molecule has 1 fully saturated rings. The predicted octanol–water partition coefficient (Wildman–Crippen LogP) is 2.26. The number of rotatable bonds is 1. The van der Waals surface area contributed by atoms with Crippen LogP contribution in [0.2, 0.25) is 0 Å². The lowest BCUT2D eigenvalue weighted by Gasteiger charge is -2.37. The molecule has 0 aromatic carbocycles. The van der Waals surface area contributed by atoms with Crippen molar-refractivity contribution in [2.45, 2.75) is 45.2 Å². The summed E-state index contributed by atoms with van der Waals surface area (Å²) in [6, 6.07) is 0. The van der Waals surface area contributed by atoms with Gasteiger partial charge in [0, 0.05) is 11.1 Å². The van der Waals surface area contributed by atoms with Gasteiger partial charge in [-0.1, -0.05) is 0 Å². The number of carbonyl (C=O) groups is 1. The maximum absolute atomic E-state index is 11.2. The molecule has 0 amide bonds. The summed E-state index contributed by atoms with van der Waals surface area (Å²) in [4.78, 5) is 13.5. The summed E-state index contributed by atoms with van der Waals surface area (Å²) in [7, 11) is 2.06. The van der Waals surface area contributed by atoms with Crippen molar-refractivity contribution in [1.29, 1.82) is 0 Å². The molecular weight excluding hydrogens is 186 g/mol. The lowest BCUT2D eigenvalue weighted by molar-refractivity contribution is -0.117. The molecule has 0 spiro atoms. The van der Waals surface area contributed by atoms with E-state index in [1.165, 1.54) is 0 Å². The molecule has 1 heterocycles. The summed E-state index contributed by atoms with van der Waals surface area (Å²) in [5.41, 5.74) is -0.0545. The average Bonchev–Trinajstić information content (AvgIpc) is 2.11. The second-order valence-electron chi connectivity index (χ2n) is 5.09. The van der Waals surface area contributed by atoms with Gasteiger partial charge in [-0.05, 0) is 52.8 Å². The minimum atomic E-state index is -0.206. The molecule has 0 aliphatic carbocycles. The Labute approximate surface area is 85.2 Å². The van der Waals surface area contributed by atoms with Crippen LogP contribution in [-0.2, 0) is 4.79 Å². The Morgan fingerprint density at radius 3 is 2.00 bits per heavy atom. The molecule has 13 heavy (non-hydrogen) atoms. The first kappa shape index (κ1) is 11.0. The monoisotopic (exact) mass is 203 g/mol. The molecule has 0 radical (unpaired) electrons. The van der Waals surface area contributed by atoms with Crippen LogP contribution >= 0.6 is 11.6 Å². The van der Waals surface area contributed by atoms with Crippen LogP contribution in [0.3, 0.4) is 0 Å². The fourth-order valence-electron chi connectivity index (χ4n) is 2.26. The molecule has 3 heteroatoms. The highest BCUT2D eigenvalue weighted by Gasteiger charge is 2.51. The van der Waals surface area contributed by atoms with E-state index in [-0.39, 0.29) is 22.2 Å². The second kappa shape index (κ2) is 2.96. The molecule has 2 nitrogen and oxygen atoms in total. The molecule has 1 saturated heterocycles. The molecule has 1 unspecified atom stereocenters. The van der Waals surface area contributed by atoms with Crippen LogP contribution in [0.15, 0.2) is 0 Å². The molecule has 1 rings (SSSR count). The number of carbonyl (C=O) groups excluding carboxylic acids is 1. The van der Waals surface area contributed by atoms with Crippen molar-refractivity contribution in [3.63, 3.8) is 0 Å². The van der Waals surface area contributed by atoms with Crippen LogP contribution in [0.4, 0.5) is 0 Å². The Morgan fingerprint density at radius 2 is 1.85 bits per heavy atom. The Bertz CT molecular complexity index is 235. The summed E-state index contributed by atoms with van der Waals surface area (Å²) in [5, 5.41) is -0.206. The zero-order chi connectivity index (χ0) is 10.4. The van der Waals surface area contributed by atoms with Gasteiger partial charge in [0.1, 0.15) is 0 Å². The van der Waals surface area contributed by atoms with Gasteiger partial charge in [-0.2, -0.15) is 0 Å². The molecule has 0 saturated carbocycles. The molecular formula is C10H18ClNO. The Morgan fingerprint density at radius 1 is 1.38 bits per heavy atom. The predicted molar refractivity (Wildman–Crippen MR) is 54.9 cm³/mol. The van der Waals surface area contributed by atoms with E-state index in [1.807, 2.05) is 0 Å². The van der Waals surface area contributed by atoms with Crippen LogP contribution < -0.4 is 0 Å². The van der Waals surface area contributed by atoms with E-state index in [2.05, 4.69) is 39.6 Å². The first-order chi connectivity index (χ1) is 5.69. The van der Waals surface area contributed by atoms with Crippen molar-refractivity contribution in [2.24, 2.45) is 5.92 Å². The second-order valence-corrected chi connectivity index (χ2v) is 5.46. The molecule has 0 N–H and O–H groups in total. The highest BCUT2D eigenvalue weighted by molar-refractivity contribution is 6.64. The fourth-order valence-corrected chi connectivity index (χ4v) is 2.60. The highest BCUT2D eigenvalue weighted by atomic mass is 35.5. The summed E-state index contributed by atoms with van der Waals surface area (Å²) >= 11 is 5.60. The van der Waals surface area contributed by atoms with E-state index >= 15 is 0 Å². The molecule has 1 aliphatic rings. The molecule has 0 aromatic heterocycles. The van der Waals surface area contributed by atoms with Crippen LogP contribution in [-0.4, -0.2) is 28.3 Å². The third kappa shape index (κ3) is 1.62. The van der Waals surface area contributed by atoms with Crippen LogP contribution in [0.5, 0.6) is 0 Å². The van der Waals surface area contributed by atoms with Gasteiger partial charge in [-0.25, -0.2) is 0 Å². The number of nitrogens with zero attached hydrogens (tertiary/aromatic N) is 1. The van der Waals surface area contributed by atoms with Crippen LogP contribution in [0.25, 0.3) is 0 Å². The van der Waals surface area contributed by atoms with E-state index in [4.69, 9.17) is 11.6 Å². The minimum Gasteiger partial charge on any atom is -0.295 e. The van der Waals surface area contributed by atoms with E-state index in [0.29, 0.717) is 0 Å². The quantitative estimate of drug-likeness (QED) is 0.610. The lowest BCUT2D eigenvalue weighted by Crippen LogP contribution is -2.47. The van der Waals surface area contributed by atoms with Gasteiger partial charge < -0.3 is 0 Å². The smallest absolute Gasteiger partial charge is 0.226 e. The Kier molecular flexibility index (Phi) is 2.50.